The van der Waals surface area contributed by atoms with E-state index in [1.54, 1.807) is 80.7 Å². The monoisotopic (exact) mass is 923 g/mol. The van der Waals surface area contributed by atoms with Crippen LogP contribution in [0, 0.1) is 17.8 Å². The zero-order chi connectivity index (χ0) is 48.4. The number of allylic oxidation sites excluding steroid dienone is 12. The molecule has 0 aliphatic carbocycles. The van der Waals surface area contributed by atoms with Crippen molar-refractivity contribution in [3.63, 3.8) is 0 Å². The van der Waals surface area contributed by atoms with Crippen LogP contribution in [0.2, 0.25) is 0 Å². The van der Waals surface area contributed by atoms with Gasteiger partial charge in [-0.1, -0.05) is 98.9 Å². The fourth-order valence-corrected chi connectivity index (χ4v) is 7.97. The largest absolute Gasteiger partial charge is 0.481 e. The van der Waals surface area contributed by atoms with E-state index in [2.05, 4.69) is 0 Å². The molecule has 0 aromatic carbocycles. The summed E-state index contributed by atoms with van der Waals surface area (Å²) in [6, 6.07) is -1.15. The number of hydrogen-bond donors (Lipinski definition) is 12. The Morgan fingerprint density at radius 1 is 0.662 bits per heavy atom. The number of cyclic esters (lactones) is 1. The maximum Gasteiger partial charge on any atom is 0.311 e. The van der Waals surface area contributed by atoms with Crippen LogP contribution < -0.4 is 5.73 Å². The summed E-state index contributed by atoms with van der Waals surface area (Å²) in [4.78, 5) is 25.1. The van der Waals surface area contributed by atoms with Crippen LogP contribution in [0.15, 0.2) is 85.1 Å². The van der Waals surface area contributed by atoms with E-state index < -0.39 is 147 Å². The number of aliphatic hydroxyl groups excluding tert-OH is 9. The van der Waals surface area contributed by atoms with Crippen LogP contribution in [-0.2, 0) is 28.5 Å². The summed E-state index contributed by atoms with van der Waals surface area (Å²) < 4.78 is 23.1. The third-order valence-corrected chi connectivity index (χ3v) is 12.0. The topological polar surface area (TPSA) is 320 Å². The van der Waals surface area contributed by atoms with Crippen molar-refractivity contribution >= 4 is 11.9 Å². The Morgan fingerprint density at radius 3 is 1.82 bits per heavy atom. The molecule has 0 aromatic heterocycles. The molecule has 0 saturated carbocycles. The zero-order valence-electron chi connectivity index (χ0n) is 37.6. The van der Waals surface area contributed by atoms with Gasteiger partial charge in [-0.25, -0.2) is 0 Å². The molecule has 3 rings (SSSR count). The van der Waals surface area contributed by atoms with Gasteiger partial charge in [-0.05, 0) is 33.1 Å². The minimum Gasteiger partial charge on any atom is -0.481 e. The number of carboxylic acid groups (broad SMARTS) is 1. The Kier molecular flexibility index (Phi) is 23.6. The fourth-order valence-electron chi connectivity index (χ4n) is 7.97. The lowest BCUT2D eigenvalue weighted by molar-refractivity contribution is -0.308. The molecular weight excluding hydrogens is 851 g/mol. The molecule has 2 bridgehead atoms. The van der Waals surface area contributed by atoms with Gasteiger partial charge in [-0.15, -0.1) is 0 Å². The molecule has 13 N–H and O–H groups in total. The molecular formula is C47H73NO17. The van der Waals surface area contributed by atoms with Crippen molar-refractivity contribution < 1.29 is 84.7 Å². The molecule has 2 fully saturated rings. The summed E-state index contributed by atoms with van der Waals surface area (Å²) in [6.07, 6.45) is 3.46. The quantitative estimate of drug-likeness (QED) is 0.174. The van der Waals surface area contributed by atoms with Crippen LogP contribution in [-0.4, -0.2) is 166 Å². The Labute approximate surface area is 381 Å². The Morgan fingerprint density at radius 2 is 1.23 bits per heavy atom. The highest BCUT2D eigenvalue weighted by Crippen LogP contribution is 2.38. The molecule has 18 nitrogen and oxygen atoms in total. The number of ether oxygens (including phenoxy) is 4. The standard InChI is InChI=1S/C47H73NO17/c1-27-17-15-13-11-9-7-5-6-8-10-12-14-16-18-34(64-46-44(58)41(48)43(57)30(4)63-46)24-38-40(45(59)60)37(54)26-47(61,65-38)25-33(51)22-36(53)35(52)20-19-31(49)21-32(50)23-39(55)62-29(3)28(2)42(27)56/h5-18,27-38,40-44,46,49-54,56-58,61H,19-26,48H2,1-4H3,(H,59,60)/b6-5+,9-7+,10-8+,13-11+,14-12+,17-15+,18-16+/t27-,28+,29-,30-,31+,32+,33-,34+,35-,36+,37+,38-,40+,41+,42-,43+,44-,46+,47+/m0/s1. The number of carbonyl (C=O) groups excluding carboxylic acids is 1. The first-order chi connectivity index (χ1) is 30.6. The summed E-state index contributed by atoms with van der Waals surface area (Å²) in [6.45, 7) is 6.74. The number of aliphatic carboxylic acids is 1. The zero-order valence-corrected chi connectivity index (χ0v) is 37.6. The van der Waals surface area contributed by atoms with Crippen molar-refractivity contribution in [3.05, 3.63) is 85.1 Å². The van der Waals surface area contributed by atoms with Crippen LogP contribution in [0.25, 0.3) is 0 Å². The van der Waals surface area contributed by atoms with Gasteiger partial charge in [0.15, 0.2) is 12.1 Å². The van der Waals surface area contributed by atoms with Gasteiger partial charge in [-0.2, -0.15) is 0 Å². The number of hydrogen-bond acceptors (Lipinski definition) is 17. The average Bonchev–Trinajstić information content (AvgIpc) is 3.21. The van der Waals surface area contributed by atoms with Crippen molar-refractivity contribution in [2.45, 2.75) is 177 Å². The minimum atomic E-state index is -2.33. The molecule has 368 valence electrons. The molecule has 65 heavy (non-hydrogen) atoms. The minimum absolute atomic E-state index is 0.107. The van der Waals surface area contributed by atoms with E-state index in [0.29, 0.717) is 0 Å². The number of carbonyl (C=O) groups is 2. The smallest absolute Gasteiger partial charge is 0.311 e. The number of carboxylic acids is 1. The lowest BCUT2D eigenvalue weighted by Gasteiger charge is -2.45. The maximum atomic E-state index is 12.6. The Hall–Kier alpha value is -3.44. The van der Waals surface area contributed by atoms with Crippen LogP contribution >= 0.6 is 0 Å². The van der Waals surface area contributed by atoms with E-state index in [1.165, 1.54) is 13.0 Å². The second-order valence-corrected chi connectivity index (χ2v) is 17.6. The normalized spacial score (nSPS) is 45.5. The number of fused-ring (bicyclic) bond motifs is 2. The van der Waals surface area contributed by atoms with E-state index >= 15 is 0 Å². The van der Waals surface area contributed by atoms with Gasteiger partial charge < -0.3 is 80.9 Å². The first kappa shape index (κ1) is 55.9. The number of nitrogens with two attached hydrogens (primary N) is 1. The van der Waals surface area contributed by atoms with Gasteiger partial charge in [-0.3, -0.25) is 9.59 Å². The first-order valence-electron chi connectivity index (χ1n) is 22.3. The summed E-state index contributed by atoms with van der Waals surface area (Å²) in [5.41, 5.74) is 6.02. The maximum absolute atomic E-state index is 12.6. The average molecular weight is 924 g/mol. The third kappa shape index (κ3) is 18.6. The molecule has 0 radical (unpaired) electrons. The molecule has 3 aliphatic rings. The van der Waals surface area contributed by atoms with Crippen LogP contribution in [0.3, 0.4) is 0 Å². The fraction of sp³-hybridized carbons (Fsp3) is 0.660. The predicted octanol–water partition coefficient (Wildman–Crippen LogP) is 0.712. The van der Waals surface area contributed by atoms with E-state index in [1.807, 2.05) is 19.1 Å². The van der Waals surface area contributed by atoms with Crippen molar-refractivity contribution in [1.29, 1.82) is 0 Å². The van der Waals surface area contributed by atoms with Crippen LogP contribution in [0.4, 0.5) is 0 Å². The summed E-state index contributed by atoms with van der Waals surface area (Å²) >= 11 is 0. The van der Waals surface area contributed by atoms with E-state index in [-0.39, 0.29) is 31.6 Å². The summed E-state index contributed by atoms with van der Waals surface area (Å²) in [7, 11) is 0. The van der Waals surface area contributed by atoms with Gasteiger partial charge in [0.05, 0.1) is 79.6 Å². The van der Waals surface area contributed by atoms with E-state index in [4.69, 9.17) is 24.7 Å². The molecule has 0 amide bonds. The van der Waals surface area contributed by atoms with Gasteiger partial charge >= 0.3 is 11.9 Å². The predicted molar refractivity (Wildman–Crippen MR) is 237 cm³/mol. The lowest BCUT2D eigenvalue weighted by atomic mass is 9.82. The second-order valence-electron chi connectivity index (χ2n) is 17.6. The molecule has 0 aromatic rings. The molecule has 18 heteroatoms. The Balaban J connectivity index is 1.86. The molecule has 3 heterocycles. The van der Waals surface area contributed by atoms with E-state index in [0.717, 1.165) is 0 Å². The van der Waals surface area contributed by atoms with Crippen molar-refractivity contribution in [1.82, 2.24) is 0 Å². The highest BCUT2D eigenvalue weighted by molar-refractivity contribution is 5.71. The third-order valence-electron chi connectivity index (χ3n) is 12.0. The van der Waals surface area contributed by atoms with Crippen LogP contribution in [0.5, 0.6) is 0 Å². The van der Waals surface area contributed by atoms with Crippen molar-refractivity contribution in [2.24, 2.45) is 23.5 Å². The van der Waals surface area contributed by atoms with Crippen molar-refractivity contribution in [3.8, 4) is 0 Å². The highest BCUT2D eigenvalue weighted by Gasteiger charge is 2.51. The van der Waals surface area contributed by atoms with Crippen LogP contribution in [0.1, 0.15) is 79.1 Å². The molecule has 2 saturated heterocycles. The van der Waals surface area contributed by atoms with Crippen molar-refractivity contribution in [2.75, 3.05) is 0 Å². The van der Waals surface area contributed by atoms with Gasteiger partial charge in [0.1, 0.15) is 18.1 Å². The van der Waals surface area contributed by atoms with Gasteiger partial charge in [0, 0.05) is 37.5 Å². The number of rotatable bonds is 3. The molecule has 19 atom stereocenters. The van der Waals surface area contributed by atoms with Gasteiger partial charge in [0.25, 0.3) is 0 Å². The molecule has 3 aliphatic heterocycles. The molecule has 0 spiro atoms. The number of esters is 1. The Bertz CT molecular complexity index is 1670. The van der Waals surface area contributed by atoms with E-state index in [9.17, 15) is 65.8 Å². The summed E-state index contributed by atoms with van der Waals surface area (Å²) in [5, 5.41) is 118. The van der Waals surface area contributed by atoms with Gasteiger partial charge in [0.2, 0.25) is 0 Å². The highest BCUT2D eigenvalue weighted by atomic mass is 16.7. The molecule has 0 unspecified atom stereocenters. The first-order valence-corrected chi connectivity index (χ1v) is 22.3. The number of aliphatic hydroxyl groups is 10. The SMILES string of the molecule is C[C@H]1[C@@H](O)[C@@H](C)/C=C/C=C/C=C/C=C/C=C/C=C/C=C/[C@@H](O[C@H]2O[C@@H](C)[C@@H](O)[C@@H](N)[C@@H]2O)C[C@@H]2O[C@](O)(C[C@@H](O)C[C@@H](O)[C@@H](O)CC[C@@H](O)C[C@@H](O)CC(=O)O[C@H]1C)C[C@@H](O)[C@H]2C(=O)O. The summed E-state index contributed by atoms with van der Waals surface area (Å²) in [5.74, 6) is -6.83. The lowest BCUT2D eigenvalue weighted by Crippen LogP contribution is -2.61. The second kappa shape index (κ2) is 27.4.